The van der Waals surface area contributed by atoms with Crippen LogP contribution in [0.5, 0.6) is 0 Å². The Kier molecular flexibility index (Phi) is 6.88. The van der Waals surface area contributed by atoms with Crippen LogP contribution in [0.1, 0.15) is 24.8 Å². The molecule has 0 saturated carbocycles. The summed E-state index contributed by atoms with van der Waals surface area (Å²) >= 11 is 0.974. The lowest BCUT2D eigenvalue weighted by Crippen LogP contribution is -2.42. The normalized spacial score (nSPS) is 17.5. The zero-order valence-corrected chi connectivity index (χ0v) is 18.1. The number of aliphatic imine (C=N–C) groups is 1. The van der Waals surface area contributed by atoms with Gasteiger partial charge in [0.15, 0.2) is 5.17 Å². The minimum Gasteiger partial charge on any atom is -0.325 e. The second-order valence-corrected chi connectivity index (χ2v) is 9.41. The smallest absolute Gasteiger partial charge is 0.265 e. The van der Waals surface area contributed by atoms with Gasteiger partial charge >= 0.3 is 0 Å². The number of nitrogens with zero attached hydrogens (tertiary/aromatic N) is 1. The maximum Gasteiger partial charge on any atom is 0.265 e. The van der Waals surface area contributed by atoms with Crippen LogP contribution in [0.4, 0.5) is 5.69 Å². The van der Waals surface area contributed by atoms with E-state index >= 15 is 0 Å². The highest BCUT2D eigenvalue weighted by molar-refractivity contribution is 8.15. The van der Waals surface area contributed by atoms with Crippen molar-refractivity contribution in [2.45, 2.75) is 29.4 Å². The van der Waals surface area contributed by atoms with Crippen LogP contribution in [0.2, 0.25) is 0 Å². The Labute approximate surface area is 183 Å². The number of carbonyl (C=O) groups is 3. The Morgan fingerprint density at radius 2 is 1.81 bits per heavy atom. The summed E-state index contributed by atoms with van der Waals surface area (Å²) in [6.45, 7) is 1.78. The van der Waals surface area contributed by atoms with E-state index in [1.807, 2.05) is 0 Å². The van der Waals surface area contributed by atoms with Crippen LogP contribution in [-0.2, 0) is 24.4 Å². The molecule has 0 unspecified atom stereocenters. The van der Waals surface area contributed by atoms with E-state index in [9.17, 15) is 22.8 Å². The molecule has 0 saturated heterocycles. The number of nitrogens with one attached hydrogen (secondary N) is 2. The molecule has 0 aliphatic carbocycles. The molecule has 2 aromatic carbocycles. The van der Waals surface area contributed by atoms with Crippen LogP contribution >= 0.6 is 11.8 Å². The zero-order valence-electron chi connectivity index (χ0n) is 16.4. The van der Waals surface area contributed by atoms with E-state index in [4.69, 9.17) is 5.14 Å². The molecule has 1 aliphatic rings. The summed E-state index contributed by atoms with van der Waals surface area (Å²) in [6, 6.07) is 14.0. The van der Waals surface area contributed by atoms with Gasteiger partial charge in [0.2, 0.25) is 21.8 Å². The van der Waals surface area contributed by atoms with Crippen molar-refractivity contribution in [1.82, 2.24) is 5.32 Å². The number of carbonyl (C=O) groups excluding carboxylic acids is 3. The van der Waals surface area contributed by atoms with Gasteiger partial charge in [0.1, 0.15) is 5.92 Å². The predicted octanol–water partition coefficient (Wildman–Crippen LogP) is 1.58. The number of thioether (sulfide) groups is 1. The van der Waals surface area contributed by atoms with Crippen molar-refractivity contribution >= 4 is 50.4 Å². The van der Waals surface area contributed by atoms with Gasteiger partial charge in [-0.25, -0.2) is 13.6 Å². The quantitative estimate of drug-likeness (QED) is 0.558. The highest BCUT2D eigenvalue weighted by atomic mass is 32.2. The average molecular weight is 461 g/mol. The molecule has 2 atom stereocenters. The highest BCUT2D eigenvalue weighted by Crippen LogP contribution is 2.25. The van der Waals surface area contributed by atoms with Crippen molar-refractivity contribution < 1.29 is 22.8 Å². The summed E-state index contributed by atoms with van der Waals surface area (Å²) in [5.74, 6) is -2.49. The Bertz CT molecular complexity index is 1130. The van der Waals surface area contributed by atoms with Crippen molar-refractivity contribution in [1.29, 1.82) is 0 Å². The molecule has 0 aromatic heterocycles. The maximum absolute atomic E-state index is 12.6. The molecule has 162 valence electrons. The SMILES string of the molecule is CC[C@@H](SC1=NC(=O)[C@H](c2ccccc2)C(=O)N1)C(=O)Nc1ccc(S(N)(=O)=O)cc1. The summed E-state index contributed by atoms with van der Waals surface area (Å²) in [5.41, 5.74) is 0.928. The number of anilines is 1. The Hall–Kier alpha value is -3.02. The van der Waals surface area contributed by atoms with Gasteiger partial charge in [-0.1, -0.05) is 49.0 Å². The summed E-state index contributed by atoms with van der Waals surface area (Å²) in [4.78, 5) is 41.4. The summed E-state index contributed by atoms with van der Waals surface area (Å²) < 4.78 is 22.6. The zero-order chi connectivity index (χ0) is 22.6. The van der Waals surface area contributed by atoms with Gasteiger partial charge in [0.25, 0.3) is 5.91 Å². The molecule has 0 fully saturated rings. The van der Waals surface area contributed by atoms with Crippen molar-refractivity contribution in [3.63, 3.8) is 0 Å². The van der Waals surface area contributed by atoms with Crippen LogP contribution in [0.15, 0.2) is 64.5 Å². The third kappa shape index (κ3) is 5.57. The standard InChI is InChI=1S/C20H20N4O5S2/c1-2-15(17(25)22-13-8-10-14(11-9-13)31(21,28)29)30-20-23-18(26)16(19(27)24-20)12-6-4-3-5-7-12/h3-11,15-16H,2H2,1H3,(H,22,25)(H2,21,28,29)(H,23,24,26,27)/t15-/m1/s1. The number of amidine groups is 1. The van der Waals surface area contributed by atoms with E-state index in [1.165, 1.54) is 24.3 Å². The van der Waals surface area contributed by atoms with Crippen molar-refractivity contribution in [2.75, 3.05) is 5.32 Å². The number of primary sulfonamides is 1. The first-order valence-electron chi connectivity index (χ1n) is 9.27. The van der Waals surface area contributed by atoms with E-state index in [0.717, 1.165) is 11.8 Å². The molecular formula is C20H20N4O5S2. The molecule has 0 bridgehead atoms. The minimum absolute atomic E-state index is 0.0637. The summed E-state index contributed by atoms with van der Waals surface area (Å²) in [7, 11) is -3.83. The molecule has 3 amide bonds. The lowest BCUT2D eigenvalue weighted by molar-refractivity contribution is -0.129. The molecule has 0 radical (unpaired) electrons. The number of amides is 3. The fourth-order valence-electron chi connectivity index (χ4n) is 2.89. The van der Waals surface area contributed by atoms with Crippen molar-refractivity contribution in [3.05, 3.63) is 60.2 Å². The number of hydrogen-bond acceptors (Lipinski definition) is 6. The molecule has 3 rings (SSSR count). The van der Waals surface area contributed by atoms with Gasteiger partial charge in [-0.15, -0.1) is 0 Å². The number of nitrogens with two attached hydrogens (primary N) is 1. The molecular weight excluding hydrogens is 440 g/mol. The highest BCUT2D eigenvalue weighted by Gasteiger charge is 2.34. The van der Waals surface area contributed by atoms with Crippen LogP contribution in [0.25, 0.3) is 0 Å². The van der Waals surface area contributed by atoms with Gasteiger partial charge in [0, 0.05) is 5.69 Å². The first-order valence-corrected chi connectivity index (χ1v) is 11.7. The minimum atomic E-state index is -3.83. The Morgan fingerprint density at radius 3 is 2.35 bits per heavy atom. The number of benzene rings is 2. The molecule has 31 heavy (non-hydrogen) atoms. The lowest BCUT2D eigenvalue weighted by Gasteiger charge is -2.22. The van der Waals surface area contributed by atoms with Gasteiger partial charge < -0.3 is 10.6 Å². The van der Waals surface area contributed by atoms with Gasteiger partial charge in [-0.05, 0) is 36.2 Å². The summed E-state index contributed by atoms with van der Waals surface area (Å²) in [6.07, 6.45) is 0.400. The van der Waals surface area contributed by atoms with Crippen LogP contribution < -0.4 is 15.8 Å². The summed E-state index contributed by atoms with van der Waals surface area (Å²) in [5, 5.41) is 9.75. The molecule has 2 aromatic rings. The average Bonchev–Trinajstić information content (AvgIpc) is 2.72. The first-order chi connectivity index (χ1) is 14.7. The van der Waals surface area contributed by atoms with Gasteiger partial charge in [0.05, 0.1) is 10.1 Å². The molecule has 1 heterocycles. The molecule has 0 spiro atoms. The van der Waals surface area contributed by atoms with Crippen LogP contribution in [0.3, 0.4) is 0 Å². The van der Waals surface area contributed by atoms with Crippen LogP contribution in [-0.4, -0.2) is 36.6 Å². The molecule has 9 nitrogen and oxygen atoms in total. The van der Waals surface area contributed by atoms with Crippen LogP contribution in [0, 0.1) is 0 Å². The van der Waals surface area contributed by atoms with E-state index in [-0.39, 0.29) is 16.0 Å². The second kappa shape index (κ2) is 9.41. The molecule has 11 heteroatoms. The van der Waals surface area contributed by atoms with Gasteiger partial charge in [-0.2, -0.15) is 4.99 Å². The topological polar surface area (TPSA) is 148 Å². The number of sulfonamides is 1. The van der Waals surface area contributed by atoms with E-state index in [0.29, 0.717) is 17.7 Å². The second-order valence-electron chi connectivity index (χ2n) is 6.66. The fraction of sp³-hybridized carbons (Fsp3) is 0.200. The third-order valence-corrected chi connectivity index (χ3v) is 6.63. The largest absolute Gasteiger partial charge is 0.325 e. The fourth-order valence-corrected chi connectivity index (χ4v) is 4.31. The lowest BCUT2D eigenvalue weighted by atomic mass is 9.97. The molecule has 1 aliphatic heterocycles. The van der Waals surface area contributed by atoms with E-state index in [1.54, 1.807) is 37.3 Å². The first kappa shape index (κ1) is 22.7. The number of hydrogen-bond donors (Lipinski definition) is 3. The Morgan fingerprint density at radius 1 is 1.16 bits per heavy atom. The van der Waals surface area contributed by atoms with E-state index in [2.05, 4.69) is 15.6 Å². The van der Waals surface area contributed by atoms with Crippen molar-refractivity contribution in [2.24, 2.45) is 10.1 Å². The predicted molar refractivity (Wildman–Crippen MR) is 118 cm³/mol. The monoisotopic (exact) mass is 460 g/mol. The Balaban J connectivity index is 1.68. The van der Waals surface area contributed by atoms with E-state index < -0.39 is 33.0 Å². The van der Waals surface area contributed by atoms with Gasteiger partial charge in [-0.3, -0.25) is 14.4 Å². The third-order valence-electron chi connectivity index (χ3n) is 4.45. The van der Waals surface area contributed by atoms with Crippen molar-refractivity contribution in [3.8, 4) is 0 Å². The molecule has 4 N–H and O–H groups in total. The number of rotatable bonds is 6. The maximum atomic E-state index is 12.6.